The number of aryl methyl sites for hydroxylation is 1. The molecule has 8 heteroatoms. The van der Waals surface area contributed by atoms with E-state index < -0.39 is 0 Å². The van der Waals surface area contributed by atoms with Crippen molar-refractivity contribution in [1.29, 1.82) is 0 Å². The van der Waals surface area contributed by atoms with E-state index in [1.807, 2.05) is 24.5 Å². The van der Waals surface area contributed by atoms with Gasteiger partial charge in [-0.1, -0.05) is 13.0 Å². The van der Waals surface area contributed by atoms with Gasteiger partial charge in [0.15, 0.2) is 5.96 Å². The normalized spacial score (nSPS) is 14.7. The highest BCUT2D eigenvalue weighted by Crippen LogP contribution is 2.22. The first kappa shape index (κ1) is 21.9. The van der Waals surface area contributed by atoms with E-state index in [2.05, 4.69) is 32.5 Å². The van der Waals surface area contributed by atoms with Crippen LogP contribution in [0, 0.1) is 0 Å². The number of halogens is 1. The van der Waals surface area contributed by atoms with Gasteiger partial charge in [0.25, 0.3) is 0 Å². The minimum Gasteiger partial charge on any atom is -0.474 e. The summed E-state index contributed by atoms with van der Waals surface area (Å²) < 4.78 is 5.90. The molecule has 1 aliphatic rings. The monoisotopic (exact) mass is 501 g/mol. The number of hydrogen-bond donors (Lipinski definition) is 2. The number of nitrogens with one attached hydrogen (secondary N) is 2. The van der Waals surface area contributed by atoms with Gasteiger partial charge in [0, 0.05) is 36.9 Å². The molecule has 2 N–H and O–H groups in total. The molecule has 6 nitrogen and oxygen atoms in total. The van der Waals surface area contributed by atoms with E-state index >= 15 is 0 Å². The van der Waals surface area contributed by atoms with Crippen molar-refractivity contribution in [3.63, 3.8) is 0 Å². The molecule has 2 aromatic rings. The van der Waals surface area contributed by atoms with Gasteiger partial charge in [-0.2, -0.15) is 0 Å². The van der Waals surface area contributed by atoms with Crippen LogP contribution in [0.3, 0.4) is 0 Å². The van der Waals surface area contributed by atoms with E-state index in [-0.39, 0.29) is 24.0 Å². The van der Waals surface area contributed by atoms with Crippen molar-refractivity contribution in [1.82, 2.24) is 20.6 Å². The van der Waals surface area contributed by atoms with Gasteiger partial charge in [-0.15, -0.1) is 35.3 Å². The zero-order chi connectivity index (χ0) is 18.2. The van der Waals surface area contributed by atoms with E-state index in [1.54, 1.807) is 18.4 Å². The van der Waals surface area contributed by atoms with Crippen molar-refractivity contribution in [2.45, 2.75) is 58.2 Å². The van der Waals surface area contributed by atoms with Gasteiger partial charge in [-0.3, -0.25) is 4.99 Å². The van der Waals surface area contributed by atoms with Crippen LogP contribution in [0.2, 0.25) is 0 Å². The van der Waals surface area contributed by atoms with Crippen LogP contribution in [0.25, 0.3) is 0 Å². The highest BCUT2D eigenvalue weighted by Gasteiger charge is 2.16. The summed E-state index contributed by atoms with van der Waals surface area (Å²) in [6, 6.07) is 4.00. The van der Waals surface area contributed by atoms with Crippen LogP contribution in [0.5, 0.6) is 5.88 Å². The van der Waals surface area contributed by atoms with E-state index in [0.29, 0.717) is 19.2 Å². The lowest BCUT2D eigenvalue weighted by atomic mass is 10.3. The summed E-state index contributed by atoms with van der Waals surface area (Å²) in [5.41, 5.74) is 1.09. The standard InChI is InChI=1S/C19H27N5OS.HI/c1-3-16-12-22-18(26-16)13-24-19(20-2)23-11-14-8-9-17(21-10-14)25-15-6-4-5-7-15;/h8-10,12,15H,3-7,11,13H2,1-2H3,(H2,20,23,24);1H. The highest BCUT2D eigenvalue weighted by molar-refractivity contribution is 14.0. The number of thiazole rings is 1. The molecule has 0 spiro atoms. The molecule has 27 heavy (non-hydrogen) atoms. The lowest BCUT2D eigenvalue weighted by Gasteiger charge is -2.13. The molecule has 0 radical (unpaired) electrons. The maximum atomic E-state index is 5.90. The van der Waals surface area contributed by atoms with Gasteiger partial charge >= 0.3 is 0 Å². The van der Waals surface area contributed by atoms with Crippen LogP contribution in [-0.2, 0) is 19.5 Å². The van der Waals surface area contributed by atoms with Crippen molar-refractivity contribution < 1.29 is 4.74 Å². The quantitative estimate of drug-likeness (QED) is 0.342. The molecule has 0 bridgehead atoms. The number of rotatable bonds is 7. The van der Waals surface area contributed by atoms with Crippen LogP contribution < -0.4 is 15.4 Å². The molecule has 1 saturated carbocycles. The van der Waals surface area contributed by atoms with Crippen molar-refractivity contribution in [2.75, 3.05) is 7.05 Å². The number of hydrogen-bond acceptors (Lipinski definition) is 5. The van der Waals surface area contributed by atoms with Crippen LogP contribution in [0.15, 0.2) is 29.5 Å². The Labute approximate surface area is 182 Å². The Morgan fingerprint density at radius 2 is 1.96 bits per heavy atom. The van der Waals surface area contributed by atoms with E-state index in [1.165, 1.54) is 17.7 Å². The fraction of sp³-hybridized carbons (Fsp3) is 0.526. The third kappa shape index (κ3) is 6.91. The molecule has 3 rings (SSSR count). The molecule has 2 aromatic heterocycles. The van der Waals surface area contributed by atoms with Crippen LogP contribution in [0.4, 0.5) is 0 Å². The maximum absolute atomic E-state index is 5.90. The van der Waals surface area contributed by atoms with Gasteiger partial charge in [0.1, 0.15) is 11.1 Å². The molecule has 0 aromatic carbocycles. The second kappa shape index (κ2) is 11.4. The first-order chi connectivity index (χ1) is 12.8. The summed E-state index contributed by atoms with van der Waals surface area (Å²) in [5.74, 6) is 1.48. The fourth-order valence-corrected chi connectivity index (χ4v) is 3.72. The number of pyridine rings is 1. The van der Waals surface area contributed by atoms with Crippen molar-refractivity contribution in [3.8, 4) is 5.88 Å². The first-order valence-electron chi connectivity index (χ1n) is 9.26. The SMILES string of the molecule is CCc1cnc(CNC(=NC)NCc2ccc(OC3CCCC3)nc2)s1.I. The maximum Gasteiger partial charge on any atom is 0.213 e. The fourth-order valence-electron chi connectivity index (χ4n) is 2.92. The van der Waals surface area contributed by atoms with E-state index in [4.69, 9.17) is 4.74 Å². The van der Waals surface area contributed by atoms with Gasteiger partial charge in [0.2, 0.25) is 5.88 Å². The van der Waals surface area contributed by atoms with Gasteiger partial charge in [-0.05, 0) is 37.7 Å². The summed E-state index contributed by atoms with van der Waals surface area (Å²) in [5, 5.41) is 7.67. The molecule has 0 unspecified atom stereocenters. The van der Waals surface area contributed by atoms with Crippen molar-refractivity contribution in [3.05, 3.63) is 40.0 Å². The molecule has 0 saturated heterocycles. The lowest BCUT2D eigenvalue weighted by Crippen LogP contribution is -2.36. The zero-order valence-corrected chi connectivity index (χ0v) is 19.0. The Morgan fingerprint density at radius 3 is 2.59 bits per heavy atom. The Bertz CT molecular complexity index is 713. The third-order valence-electron chi connectivity index (χ3n) is 4.43. The number of nitrogens with zero attached hydrogens (tertiary/aromatic N) is 3. The number of ether oxygens (including phenoxy) is 1. The minimum absolute atomic E-state index is 0. The summed E-state index contributed by atoms with van der Waals surface area (Å²) >= 11 is 1.73. The Hall–Kier alpha value is -1.42. The molecule has 1 aliphatic carbocycles. The number of aromatic nitrogens is 2. The Kier molecular flexibility index (Phi) is 9.26. The summed E-state index contributed by atoms with van der Waals surface area (Å²) in [6.45, 7) is 3.48. The first-order valence-corrected chi connectivity index (χ1v) is 10.1. The summed E-state index contributed by atoms with van der Waals surface area (Å²) in [6.07, 6.45) is 9.99. The summed E-state index contributed by atoms with van der Waals surface area (Å²) in [7, 11) is 1.77. The zero-order valence-electron chi connectivity index (χ0n) is 15.9. The lowest BCUT2D eigenvalue weighted by molar-refractivity contribution is 0.201. The molecular formula is C19H28IN5OS. The molecule has 0 aliphatic heterocycles. The molecule has 2 heterocycles. The smallest absolute Gasteiger partial charge is 0.213 e. The molecule has 1 fully saturated rings. The summed E-state index contributed by atoms with van der Waals surface area (Å²) in [4.78, 5) is 14.4. The van der Waals surface area contributed by atoms with Gasteiger partial charge < -0.3 is 15.4 Å². The van der Waals surface area contributed by atoms with Crippen LogP contribution in [0.1, 0.15) is 48.1 Å². The average molecular weight is 501 g/mol. The number of aliphatic imine (C=N–C) groups is 1. The Morgan fingerprint density at radius 1 is 1.19 bits per heavy atom. The number of guanidine groups is 1. The molecule has 0 amide bonds. The van der Waals surface area contributed by atoms with Gasteiger partial charge in [-0.25, -0.2) is 9.97 Å². The third-order valence-corrected chi connectivity index (χ3v) is 5.57. The molecule has 0 atom stereocenters. The Balaban J connectivity index is 0.00000261. The van der Waals surface area contributed by atoms with Crippen LogP contribution in [-0.4, -0.2) is 29.1 Å². The highest BCUT2D eigenvalue weighted by atomic mass is 127. The average Bonchev–Trinajstić information content (AvgIpc) is 3.35. The second-order valence-electron chi connectivity index (χ2n) is 6.38. The van der Waals surface area contributed by atoms with Crippen LogP contribution >= 0.6 is 35.3 Å². The molecule has 148 valence electrons. The van der Waals surface area contributed by atoms with Crippen molar-refractivity contribution in [2.24, 2.45) is 4.99 Å². The topological polar surface area (TPSA) is 71.4 Å². The van der Waals surface area contributed by atoms with E-state index in [9.17, 15) is 0 Å². The largest absolute Gasteiger partial charge is 0.474 e. The van der Waals surface area contributed by atoms with Crippen molar-refractivity contribution >= 4 is 41.3 Å². The van der Waals surface area contributed by atoms with Gasteiger partial charge in [0.05, 0.1) is 6.54 Å². The predicted octanol–water partition coefficient (Wildman–Crippen LogP) is 3.91. The minimum atomic E-state index is 0. The van der Waals surface area contributed by atoms with E-state index in [0.717, 1.165) is 41.7 Å². The molecular weight excluding hydrogens is 473 g/mol. The second-order valence-corrected chi connectivity index (χ2v) is 7.58. The predicted molar refractivity (Wildman–Crippen MR) is 121 cm³/mol.